The number of benzene rings is 1. The van der Waals surface area contributed by atoms with Crippen molar-refractivity contribution in [1.82, 2.24) is 9.97 Å². The number of carbonyl (C=O) groups is 1. The fourth-order valence-corrected chi connectivity index (χ4v) is 3.76. The van der Waals surface area contributed by atoms with Crippen molar-refractivity contribution in [3.63, 3.8) is 0 Å². The van der Waals surface area contributed by atoms with E-state index in [9.17, 15) is 10.1 Å². The van der Waals surface area contributed by atoms with E-state index in [1.54, 1.807) is 12.4 Å². The molecule has 3 aromatic rings. The Morgan fingerprint density at radius 3 is 2.96 bits per heavy atom. The number of ether oxygens (including phenoxy) is 1. The molecule has 1 aromatic carbocycles. The van der Waals surface area contributed by atoms with Crippen LogP contribution in [0.2, 0.25) is 0 Å². The third-order valence-corrected chi connectivity index (χ3v) is 5.22. The summed E-state index contributed by atoms with van der Waals surface area (Å²) in [6.45, 7) is 0.213. The second-order valence-corrected chi connectivity index (χ2v) is 7.18. The largest absolute Gasteiger partial charge is 0.457 e. The van der Waals surface area contributed by atoms with Crippen molar-refractivity contribution < 1.29 is 9.53 Å². The lowest BCUT2D eigenvalue weighted by Crippen LogP contribution is -2.28. The molecule has 142 valence electrons. The van der Waals surface area contributed by atoms with Crippen molar-refractivity contribution in [2.75, 3.05) is 5.32 Å². The molecule has 2 aromatic heterocycles. The highest BCUT2D eigenvalue weighted by Gasteiger charge is 2.25. The number of pyridine rings is 1. The summed E-state index contributed by atoms with van der Waals surface area (Å²) >= 11 is 0. The third-order valence-electron chi connectivity index (χ3n) is 5.22. The van der Waals surface area contributed by atoms with Crippen LogP contribution < -0.4 is 5.32 Å². The number of rotatable bonds is 5. The molecule has 0 radical (unpaired) electrons. The van der Waals surface area contributed by atoms with E-state index < -0.39 is 5.97 Å². The van der Waals surface area contributed by atoms with Crippen molar-refractivity contribution in [3.8, 4) is 6.07 Å². The summed E-state index contributed by atoms with van der Waals surface area (Å²) in [5, 5.41) is 13.6. The minimum atomic E-state index is -0.408. The number of fused-ring (bicyclic) bond motifs is 1. The third kappa shape index (κ3) is 3.84. The van der Waals surface area contributed by atoms with Gasteiger partial charge in [0.2, 0.25) is 0 Å². The van der Waals surface area contributed by atoms with Gasteiger partial charge in [-0.25, -0.2) is 9.78 Å². The number of aromatic nitrogens is 2. The molecule has 0 unspecified atom stereocenters. The van der Waals surface area contributed by atoms with Gasteiger partial charge in [0.15, 0.2) is 0 Å². The maximum atomic E-state index is 12.8. The van der Waals surface area contributed by atoms with Crippen LogP contribution in [0.25, 0.3) is 11.0 Å². The molecular weight excluding hydrogens is 352 g/mol. The average Bonchev–Trinajstić information content (AvgIpc) is 3.22. The van der Waals surface area contributed by atoms with Gasteiger partial charge in [-0.2, -0.15) is 5.26 Å². The standard InChI is InChI=1S/C22H22N4O2/c23-12-16-7-4-8-17(11-16)26-20-18-9-10-24-21(18)25-13-19(20)22(27)28-14-15-5-2-1-3-6-15/h1-3,5-6,9-10,13,16-17H,4,7-8,11,14H2,(H2,24,25,26)/t16-,17-/m0/s1. The molecular formula is C22H22N4O2. The molecule has 2 N–H and O–H groups in total. The highest BCUT2D eigenvalue weighted by molar-refractivity contribution is 6.04. The fraction of sp³-hybridized carbons (Fsp3) is 0.318. The number of anilines is 1. The predicted octanol–water partition coefficient (Wildman–Crippen LogP) is 4.41. The Hall–Kier alpha value is -3.33. The van der Waals surface area contributed by atoms with Crippen LogP contribution in [-0.4, -0.2) is 22.0 Å². The van der Waals surface area contributed by atoms with E-state index in [1.807, 2.05) is 36.4 Å². The molecule has 6 heteroatoms. The van der Waals surface area contributed by atoms with Crippen LogP contribution in [0, 0.1) is 17.2 Å². The molecule has 0 amide bonds. The van der Waals surface area contributed by atoms with Gasteiger partial charge >= 0.3 is 5.97 Å². The molecule has 0 bridgehead atoms. The van der Waals surface area contributed by atoms with Crippen LogP contribution in [0.3, 0.4) is 0 Å². The number of nitrogens with zero attached hydrogens (tertiary/aromatic N) is 2. The van der Waals surface area contributed by atoms with Crippen molar-refractivity contribution in [2.24, 2.45) is 5.92 Å². The first-order valence-electron chi connectivity index (χ1n) is 9.58. The molecule has 0 spiro atoms. The number of hydrogen-bond acceptors (Lipinski definition) is 5. The first kappa shape index (κ1) is 18.1. The zero-order chi connectivity index (χ0) is 19.3. The smallest absolute Gasteiger partial charge is 0.342 e. The maximum Gasteiger partial charge on any atom is 0.342 e. The van der Waals surface area contributed by atoms with E-state index in [-0.39, 0.29) is 18.6 Å². The molecule has 4 rings (SSSR count). The number of nitrogens with one attached hydrogen (secondary N) is 2. The summed E-state index contributed by atoms with van der Waals surface area (Å²) in [4.78, 5) is 20.2. The van der Waals surface area contributed by atoms with Gasteiger partial charge in [0.05, 0.1) is 11.8 Å². The zero-order valence-corrected chi connectivity index (χ0v) is 15.5. The molecule has 1 aliphatic rings. The lowest BCUT2D eigenvalue weighted by molar-refractivity contribution is 0.0473. The zero-order valence-electron chi connectivity index (χ0n) is 15.5. The van der Waals surface area contributed by atoms with Crippen molar-refractivity contribution >= 4 is 22.7 Å². The topological polar surface area (TPSA) is 90.8 Å². The van der Waals surface area contributed by atoms with E-state index >= 15 is 0 Å². The molecule has 1 saturated carbocycles. The second-order valence-electron chi connectivity index (χ2n) is 7.18. The van der Waals surface area contributed by atoms with E-state index in [2.05, 4.69) is 21.4 Å². The molecule has 0 aliphatic heterocycles. The van der Waals surface area contributed by atoms with Gasteiger partial charge in [-0.3, -0.25) is 0 Å². The summed E-state index contributed by atoms with van der Waals surface area (Å²) in [6.07, 6.45) is 7.07. The molecule has 2 heterocycles. The van der Waals surface area contributed by atoms with Gasteiger partial charge in [-0.05, 0) is 30.9 Å². The number of aromatic amines is 1. The Bertz CT molecular complexity index is 1010. The van der Waals surface area contributed by atoms with Crippen LogP contribution in [0.5, 0.6) is 0 Å². The van der Waals surface area contributed by atoms with Crippen LogP contribution in [0.1, 0.15) is 41.6 Å². The number of esters is 1. The first-order valence-corrected chi connectivity index (χ1v) is 9.58. The van der Waals surface area contributed by atoms with Gasteiger partial charge in [-0.15, -0.1) is 0 Å². The summed E-state index contributed by atoms with van der Waals surface area (Å²) in [5.74, 6) is -0.349. The Morgan fingerprint density at radius 1 is 1.29 bits per heavy atom. The first-order chi connectivity index (χ1) is 13.7. The summed E-state index contributed by atoms with van der Waals surface area (Å²) in [7, 11) is 0. The van der Waals surface area contributed by atoms with E-state index in [0.717, 1.165) is 48.0 Å². The Morgan fingerprint density at radius 2 is 2.14 bits per heavy atom. The monoisotopic (exact) mass is 374 g/mol. The fourth-order valence-electron chi connectivity index (χ4n) is 3.76. The lowest BCUT2D eigenvalue weighted by Gasteiger charge is -2.27. The van der Waals surface area contributed by atoms with E-state index in [4.69, 9.17) is 4.74 Å². The summed E-state index contributed by atoms with van der Waals surface area (Å²) < 4.78 is 5.53. The number of nitriles is 1. The average molecular weight is 374 g/mol. The molecule has 1 aliphatic carbocycles. The maximum absolute atomic E-state index is 12.8. The summed E-state index contributed by atoms with van der Waals surface area (Å²) in [6, 6.07) is 14.0. The minimum absolute atomic E-state index is 0.0586. The molecule has 2 atom stereocenters. The van der Waals surface area contributed by atoms with Gasteiger partial charge in [0.1, 0.15) is 17.8 Å². The highest BCUT2D eigenvalue weighted by atomic mass is 16.5. The SMILES string of the molecule is N#C[C@H]1CCC[C@H](Nc2c(C(=O)OCc3ccccc3)cnc3[nH]ccc23)C1. The van der Waals surface area contributed by atoms with Crippen molar-refractivity contribution in [3.05, 3.63) is 59.9 Å². The number of hydrogen-bond donors (Lipinski definition) is 2. The predicted molar refractivity (Wildman–Crippen MR) is 107 cm³/mol. The lowest BCUT2D eigenvalue weighted by atomic mass is 9.86. The molecule has 6 nitrogen and oxygen atoms in total. The Balaban J connectivity index is 1.58. The van der Waals surface area contributed by atoms with Gasteiger partial charge < -0.3 is 15.0 Å². The van der Waals surface area contributed by atoms with Crippen LogP contribution in [0.4, 0.5) is 5.69 Å². The molecule has 0 saturated heterocycles. The quantitative estimate of drug-likeness (QED) is 0.645. The second kappa shape index (κ2) is 8.13. The van der Waals surface area contributed by atoms with E-state index in [1.165, 1.54) is 0 Å². The molecule has 1 fully saturated rings. The Labute approximate surface area is 163 Å². The highest BCUT2D eigenvalue weighted by Crippen LogP contribution is 2.31. The van der Waals surface area contributed by atoms with Gasteiger partial charge in [0.25, 0.3) is 0 Å². The van der Waals surface area contributed by atoms with Crippen molar-refractivity contribution in [2.45, 2.75) is 38.3 Å². The minimum Gasteiger partial charge on any atom is -0.457 e. The number of carbonyl (C=O) groups excluding carboxylic acids is 1. The van der Waals surface area contributed by atoms with Crippen LogP contribution in [-0.2, 0) is 11.3 Å². The number of H-pyrrole nitrogens is 1. The van der Waals surface area contributed by atoms with E-state index in [0.29, 0.717) is 5.56 Å². The van der Waals surface area contributed by atoms with Gasteiger partial charge in [-0.1, -0.05) is 36.8 Å². The van der Waals surface area contributed by atoms with Gasteiger partial charge in [0, 0.05) is 29.7 Å². The Kier molecular flexibility index (Phi) is 5.24. The van der Waals surface area contributed by atoms with Crippen LogP contribution in [0.15, 0.2) is 48.8 Å². The van der Waals surface area contributed by atoms with Crippen LogP contribution >= 0.6 is 0 Å². The summed E-state index contributed by atoms with van der Waals surface area (Å²) in [5.41, 5.74) is 2.80. The normalized spacial score (nSPS) is 19.1. The molecule has 28 heavy (non-hydrogen) atoms. The van der Waals surface area contributed by atoms with Crippen molar-refractivity contribution in [1.29, 1.82) is 5.26 Å².